The highest BCUT2D eigenvalue weighted by Gasteiger charge is 2.28. The SMILES string of the molecule is CCCN(CC1CC1)C(=O)c1cccc(N)c1OC. The minimum absolute atomic E-state index is 0.0258. The van der Waals surface area contributed by atoms with E-state index in [1.165, 1.54) is 12.8 Å². The summed E-state index contributed by atoms with van der Waals surface area (Å²) in [6.07, 6.45) is 3.44. The Kier molecular flexibility index (Phi) is 4.30. The highest BCUT2D eigenvalue weighted by molar-refractivity contribution is 5.98. The van der Waals surface area contributed by atoms with Crippen molar-refractivity contribution in [3.05, 3.63) is 23.8 Å². The fraction of sp³-hybridized carbons (Fsp3) is 0.533. The third-order valence-electron chi connectivity index (χ3n) is 3.44. The zero-order chi connectivity index (χ0) is 13.8. The Morgan fingerprint density at radius 2 is 2.21 bits per heavy atom. The van der Waals surface area contributed by atoms with E-state index in [1.807, 2.05) is 4.90 Å². The molecule has 1 aliphatic carbocycles. The second-order valence-electron chi connectivity index (χ2n) is 5.12. The van der Waals surface area contributed by atoms with Gasteiger partial charge in [-0.2, -0.15) is 0 Å². The van der Waals surface area contributed by atoms with Crippen molar-refractivity contribution in [1.82, 2.24) is 4.90 Å². The maximum atomic E-state index is 12.6. The highest BCUT2D eigenvalue weighted by atomic mass is 16.5. The van der Waals surface area contributed by atoms with Crippen molar-refractivity contribution in [1.29, 1.82) is 0 Å². The number of anilines is 1. The molecule has 1 aliphatic rings. The standard InChI is InChI=1S/C15H22N2O2/c1-3-9-17(10-11-7-8-11)15(18)12-5-4-6-13(16)14(12)19-2/h4-6,11H,3,7-10,16H2,1-2H3. The van der Waals surface area contributed by atoms with Crippen LogP contribution in [0.3, 0.4) is 0 Å². The van der Waals surface area contributed by atoms with Gasteiger partial charge < -0.3 is 15.4 Å². The molecule has 1 amide bonds. The fourth-order valence-corrected chi connectivity index (χ4v) is 2.28. The first kappa shape index (κ1) is 13.7. The molecule has 19 heavy (non-hydrogen) atoms. The van der Waals surface area contributed by atoms with Crippen LogP contribution in [0.25, 0.3) is 0 Å². The smallest absolute Gasteiger partial charge is 0.257 e. The number of para-hydroxylation sites is 1. The summed E-state index contributed by atoms with van der Waals surface area (Å²) >= 11 is 0. The summed E-state index contributed by atoms with van der Waals surface area (Å²) in [5.41, 5.74) is 6.94. The molecule has 1 aromatic carbocycles. The number of carbonyl (C=O) groups is 1. The molecule has 1 saturated carbocycles. The number of benzene rings is 1. The summed E-state index contributed by atoms with van der Waals surface area (Å²) in [6, 6.07) is 5.33. The van der Waals surface area contributed by atoms with E-state index < -0.39 is 0 Å². The van der Waals surface area contributed by atoms with Crippen LogP contribution in [-0.4, -0.2) is 31.0 Å². The molecule has 0 saturated heterocycles. The second-order valence-corrected chi connectivity index (χ2v) is 5.12. The molecule has 2 N–H and O–H groups in total. The summed E-state index contributed by atoms with van der Waals surface area (Å²) in [7, 11) is 1.55. The normalized spacial score (nSPS) is 14.2. The van der Waals surface area contributed by atoms with E-state index in [2.05, 4.69) is 6.92 Å². The Morgan fingerprint density at radius 1 is 1.47 bits per heavy atom. The van der Waals surface area contributed by atoms with Gasteiger partial charge in [-0.3, -0.25) is 4.79 Å². The Bertz CT molecular complexity index is 455. The minimum Gasteiger partial charge on any atom is -0.494 e. The fourth-order valence-electron chi connectivity index (χ4n) is 2.28. The van der Waals surface area contributed by atoms with Crippen LogP contribution < -0.4 is 10.5 Å². The second kappa shape index (κ2) is 5.95. The molecule has 0 atom stereocenters. The summed E-state index contributed by atoms with van der Waals surface area (Å²) in [5.74, 6) is 1.20. The highest BCUT2D eigenvalue weighted by Crippen LogP contribution is 2.32. The van der Waals surface area contributed by atoms with Crippen molar-refractivity contribution < 1.29 is 9.53 Å². The number of hydrogen-bond acceptors (Lipinski definition) is 3. The van der Waals surface area contributed by atoms with Gasteiger partial charge in [0.1, 0.15) is 0 Å². The monoisotopic (exact) mass is 262 g/mol. The van der Waals surface area contributed by atoms with Crippen molar-refractivity contribution >= 4 is 11.6 Å². The van der Waals surface area contributed by atoms with Crippen LogP contribution in [-0.2, 0) is 0 Å². The molecule has 0 radical (unpaired) electrons. The van der Waals surface area contributed by atoms with Crippen LogP contribution in [0.15, 0.2) is 18.2 Å². The van der Waals surface area contributed by atoms with Crippen LogP contribution in [0, 0.1) is 5.92 Å². The van der Waals surface area contributed by atoms with Gasteiger partial charge in [-0.25, -0.2) is 0 Å². The van der Waals surface area contributed by atoms with Gasteiger partial charge in [-0.15, -0.1) is 0 Å². The molecule has 0 spiro atoms. The number of carbonyl (C=O) groups excluding carboxylic acids is 1. The van der Waals surface area contributed by atoms with Gasteiger partial charge in [-0.1, -0.05) is 13.0 Å². The quantitative estimate of drug-likeness (QED) is 0.801. The maximum absolute atomic E-state index is 12.6. The van der Waals surface area contributed by atoms with Gasteiger partial charge in [0.15, 0.2) is 5.75 Å². The lowest BCUT2D eigenvalue weighted by Gasteiger charge is -2.23. The van der Waals surface area contributed by atoms with Crippen LogP contribution >= 0.6 is 0 Å². The van der Waals surface area contributed by atoms with Crippen molar-refractivity contribution in [2.24, 2.45) is 5.92 Å². The summed E-state index contributed by atoms with van der Waals surface area (Å²) < 4.78 is 5.27. The minimum atomic E-state index is 0.0258. The molecule has 0 aromatic heterocycles. The topological polar surface area (TPSA) is 55.6 Å². The van der Waals surface area contributed by atoms with E-state index in [1.54, 1.807) is 25.3 Å². The number of nitrogens with zero attached hydrogens (tertiary/aromatic N) is 1. The van der Waals surface area contributed by atoms with Crippen LogP contribution in [0.1, 0.15) is 36.5 Å². The number of hydrogen-bond donors (Lipinski definition) is 1. The third-order valence-corrected chi connectivity index (χ3v) is 3.44. The lowest BCUT2D eigenvalue weighted by atomic mass is 10.1. The van der Waals surface area contributed by atoms with Gasteiger partial charge in [0.2, 0.25) is 0 Å². The molecule has 1 fully saturated rings. The average Bonchev–Trinajstić information content (AvgIpc) is 3.21. The predicted octanol–water partition coefficient (Wildman–Crippen LogP) is 2.54. The Balaban J connectivity index is 2.22. The van der Waals surface area contributed by atoms with Crippen molar-refractivity contribution in [2.45, 2.75) is 26.2 Å². The number of methoxy groups -OCH3 is 1. The predicted molar refractivity (Wildman–Crippen MR) is 76.3 cm³/mol. The molecule has 104 valence electrons. The number of nitrogen functional groups attached to an aromatic ring is 1. The van der Waals surface area contributed by atoms with Crippen LogP contribution in [0.4, 0.5) is 5.69 Å². The van der Waals surface area contributed by atoms with E-state index in [0.29, 0.717) is 22.9 Å². The van der Waals surface area contributed by atoms with Gasteiger partial charge >= 0.3 is 0 Å². The van der Waals surface area contributed by atoms with Crippen LogP contribution in [0.5, 0.6) is 5.75 Å². The third kappa shape index (κ3) is 3.19. The molecule has 0 unspecified atom stereocenters. The molecule has 0 bridgehead atoms. The maximum Gasteiger partial charge on any atom is 0.257 e. The molecule has 4 heteroatoms. The lowest BCUT2D eigenvalue weighted by molar-refractivity contribution is 0.0744. The molecular weight excluding hydrogens is 240 g/mol. The van der Waals surface area contributed by atoms with E-state index in [4.69, 9.17) is 10.5 Å². The zero-order valence-corrected chi connectivity index (χ0v) is 11.7. The van der Waals surface area contributed by atoms with E-state index in [0.717, 1.165) is 19.5 Å². The zero-order valence-electron chi connectivity index (χ0n) is 11.7. The first-order valence-corrected chi connectivity index (χ1v) is 6.89. The van der Waals surface area contributed by atoms with Gasteiger partial charge in [0, 0.05) is 13.1 Å². The van der Waals surface area contributed by atoms with Crippen molar-refractivity contribution in [2.75, 3.05) is 25.9 Å². The summed E-state index contributed by atoms with van der Waals surface area (Å²) in [4.78, 5) is 14.5. The van der Waals surface area contributed by atoms with Crippen LogP contribution in [0.2, 0.25) is 0 Å². The number of nitrogens with two attached hydrogens (primary N) is 1. The largest absolute Gasteiger partial charge is 0.494 e. The van der Waals surface area contributed by atoms with E-state index in [-0.39, 0.29) is 5.91 Å². The average molecular weight is 262 g/mol. The summed E-state index contributed by atoms with van der Waals surface area (Å²) in [6.45, 7) is 3.72. The van der Waals surface area contributed by atoms with Gasteiger partial charge in [0.05, 0.1) is 18.4 Å². The van der Waals surface area contributed by atoms with E-state index >= 15 is 0 Å². The van der Waals surface area contributed by atoms with Gasteiger partial charge in [-0.05, 0) is 37.3 Å². The number of ether oxygens (including phenoxy) is 1. The molecule has 1 aromatic rings. The lowest BCUT2D eigenvalue weighted by Crippen LogP contribution is -2.34. The molecule has 2 rings (SSSR count). The number of rotatable bonds is 6. The molecule has 0 heterocycles. The van der Waals surface area contributed by atoms with E-state index in [9.17, 15) is 4.79 Å². The number of amides is 1. The van der Waals surface area contributed by atoms with Gasteiger partial charge in [0.25, 0.3) is 5.91 Å². The molecule has 0 aliphatic heterocycles. The first-order valence-electron chi connectivity index (χ1n) is 6.89. The molecular formula is C15H22N2O2. The Morgan fingerprint density at radius 3 is 2.79 bits per heavy atom. The Hall–Kier alpha value is -1.71. The van der Waals surface area contributed by atoms with Crippen molar-refractivity contribution in [3.8, 4) is 5.75 Å². The molecule has 4 nitrogen and oxygen atoms in total. The van der Waals surface area contributed by atoms with Crippen molar-refractivity contribution in [3.63, 3.8) is 0 Å². The summed E-state index contributed by atoms with van der Waals surface area (Å²) in [5, 5.41) is 0. The Labute approximate surface area is 114 Å². The first-order chi connectivity index (χ1) is 9.17.